The average molecular weight is 614 g/mol. The van der Waals surface area contributed by atoms with Gasteiger partial charge in [-0.2, -0.15) is 0 Å². The van der Waals surface area contributed by atoms with Gasteiger partial charge in [-0.25, -0.2) is 4.39 Å². The molecule has 238 valence electrons. The minimum absolute atomic E-state index is 0.0318. The molecule has 7 rings (SSSR count). The molecule has 3 fully saturated rings. The highest BCUT2D eigenvalue weighted by atomic mass is 19.1. The van der Waals surface area contributed by atoms with Crippen LogP contribution in [0.5, 0.6) is 0 Å². The number of nitrogens with zero attached hydrogens (tertiary/aromatic N) is 5. The number of carbonyl (C=O) groups excluding carboxylic acids is 1. The minimum atomic E-state index is -0.513. The number of aliphatic hydroxyl groups excluding tert-OH is 1. The van der Waals surface area contributed by atoms with Crippen molar-refractivity contribution in [3.8, 4) is 0 Å². The number of anilines is 1. The molecule has 2 aliphatic heterocycles. The molecule has 5 aliphatic rings. The van der Waals surface area contributed by atoms with Gasteiger partial charge < -0.3 is 19.6 Å². The molecule has 3 atom stereocenters. The Bertz CT molecular complexity index is 1510. The number of ether oxygens (including phenoxy) is 1. The fraction of sp³-hybridized carbons (Fsp3) is 0.528. The first-order valence-electron chi connectivity index (χ1n) is 16.6. The number of aromatic nitrogens is 2. The van der Waals surface area contributed by atoms with Gasteiger partial charge >= 0.3 is 0 Å². The van der Waals surface area contributed by atoms with E-state index in [0.29, 0.717) is 36.2 Å². The Morgan fingerprint density at radius 3 is 2.67 bits per heavy atom. The number of ketones is 1. The lowest BCUT2D eigenvalue weighted by atomic mass is 9.80. The second-order valence-electron chi connectivity index (χ2n) is 13.4. The lowest BCUT2D eigenvalue weighted by molar-refractivity contribution is -0.114. The molecule has 8 nitrogen and oxygen atoms in total. The van der Waals surface area contributed by atoms with Crippen molar-refractivity contribution in [3.63, 3.8) is 0 Å². The molecule has 0 spiro atoms. The van der Waals surface area contributed by atoms with Crippen molar-refractivity contribution < 1.29 is 19.0 Å². The summed E-state index contributed by atoms with van der Waals surface area (Å²) in [4.78, 5) is 30.5. The molecular weight excluding hydrogens is 569 g/mol. The molecule has 4 heterocycles. The van der Waals surface area contributed by atoms with E-state index in [1.165, 1.54) is 30.2 Å². The smallest absolute Gasteiger partial charge is 0.189 e. The number of aliphatic hydroxyl groups is 1. The standard InChI is InChI=1S/C36H44FN5O3/c1-23-16-25(11-12-38-23)19-41(30-4-3-13-40(22-30)29-9-10-33(39-18-29)26-5-6-26)20-27-21-42(28-7-8-28)34-24(2)36(45-15-14-43)32(37)17-31(34)35(27)44/h9-12,16-18,21,24,26,28,30,34,43H,3-8,13-15,19-20,22H2,1-2H3/t24?,30-,34?/m0/s1. The van der Waals surface area contributed by atoms with Gasteiger partial charge in [0.25, 0.3) is 0 Å². The van der Waals surface area contributed by atoms with E-state index in [1.54, 1.807) is 0 Å². The van der Waals surface area contributed by atoms with Gasteiger partial charge in [-0.1, -0.05) is 6.92 Å². The second-order valence-corrected chi connectivity index (χ2v) is 13.4. The lowest BCUT2D eigenvalue weighted by Crippen LogP contribution is -2.51. The minimum Gasteiger partial charge on any atom is -0.492 e. The van der Waals surface area contributed by atoms with Gasteiger partial charge in [0.05, 0.1) is 24.5 Å². The number of hydrogen-bond acceptors (Lipinski definition) is 8. The summed E-state index contributed by atoms with van der Waals surface area (Å²) in [6, 6.07) is 8.88. The van der Waals surface area contributed by atoms with Crippen molar-refractivity contribution in [1.29, 1.82) is 0 Å². The van der Waals surface area contributed by atoms with Crippen LogP contribution in [0.3, 0.4) is 0 Å². The fourth-order valence-electron chi connectivity index (χ4n) is 7.38. The maximum Gasteiger partial charge on any atom is 0.189 e. The zero-order valence-corrected chi connectivity index (χ0v) is 26.4. The van der Waals surface area contributed by atoms with Crippen LogP contribution < -0.4 is 4.90 Å². The summed E-state index contributed by atoms with van der Waals surface area (Å²) < 4.78 is 21.0. The molecule has 2 saturated carbocycles. The van der Waals surface area contributed by atoms with Gasteiger partial charge in [0.1, 0.15) is 12.4 Å². The highest BCUT2D eigenvalue weighted by molar-refractivity contribution is 6.10. The van der Waals surface area contributed by atoms with Crippen LogP contribution in [0, 0.1) is 12.8 Å². The predicted octanol–water partition coefficient (Wildman–Crippen LogP) is 5.20. The molecule has 2 unspecified atom stereocenters. The summed E-state index contributed by atoms with van der Waals surface area (Å²) in [7, 11) is 0. The Kier molecular flexibility index (Phi) is 8.48. The van der Waals surface area contributed by atoms with Crippen LogP contribution in [0.15, 0.2) is 71.7 Å². The molecule has 0 radical (unpaired) electrons. The number of halogens is 1. The van der Waals surface area contributed by atoms with Crippen molar-refractivity contribution in [1.82, 2.24) is 19.8 Å². The third-order valence-corrected chi connectivity index (χ3v) is 9.99. The SMILES string of the molecule is Cc1cc(CN(CC2=CN(C3CC3)C3C(=CC(F)=C(OCCO)C3C)C2=O)[C@H]2CCCN(c3ccc(C4CC4)nc3)C2)ccn1. The average Bonchev–Trinajstić information content (AvgIpc) is 3.97. The molecule has 0 amide bonds. The van der Waals surface area contributed by atoms with E-state index in [4.69, 9.17) is 9.72 Å². The Morgan fingerprint density at radius 2 is 1.96 bits per heavy atom. The fourth-order valence-corrected chi connectivity index (χ4v) is 7.38. The van der Waals surface area contributed by atoms with Gasteiger partial charge in [0.2, 0.25) is 0 Å². The molecule has 1 N–H and O–H groups in total. The van der Waals surface area contributed by atoms with Crippen molar-refractivity contribution in [2.24, 2.45) is 5.92 Å². The van der Waals surface area contributed by atoms with Crippen LogP contribution >= 0.6 is 0 Å². The number of carbonyl (C=O) groups is 1. The first-order chi connectivity index (χ1) is 21.9. The number of fused-ring (bicyclic) bond motifs is 1. The summed E-state index contributed by atoms with van der Waals surface area (Å²) >= 11 is 0. The maximum atomic E-state index is 15.4. The van der Waals surface area contributed by atoms with Crippen molar-refractivity contribution >= 4 is 11.5 Å². The monoisotopic (exact) mass is 613 g/mol. The van der Waals surface area contributed by atoms with E-state index in [0.717, 1.165) is 50.2 Å². The van der Waals surface area contributed by atoms with E-state index >= 15 is 4.39 Å². The third-order valence-electron chi connectivity index (χ3n) is 9.99. The number of allylic oxidation sites excluding steroid dienone is 2. The van der Waals surface area contributed by atoms with Gasteiger partial charge in [-0.15, -0.1) is 0 Å². The van der Waals surface area contributed by atoms with Crippen LogP contribution in [0.1, 0.15) is 68.3 Å². The van der Waals surface area contributed by atoms with E-state index in [1.807, 2.05) is 26.2 Å². The van der Waals surface area contributed by atoms with Crippen molar-refractivity contribution in [2.75, 3.05) is 37.7 Å². The number of piperidine rings is 1. The summed E-state index contributed by atoms with van der Waals surface area (Å²) in [6.07, 6.45) is 14.0. The summed E-state index contributed by atoms with van der Waals surface area (Å²) in [5.74, 6) is -0.0646. The molecule has 9 heteroatoms. The van der Waals surface area contributed by atoms with Crippen LogP contribution in [0.25, 0.3) is 0 Å². The van der Waals surface area contributed by atoms with Gasteiger partial charge in [-0.3, -0.25) is 19.7 Å². The number of Topliss-reactive ketones (excluding diaryl/α,β-unsaturated/α-hetero) is 1. The van der Waals surface area contributed by atoms with Crippen LogP contribution in [0.4, 0.5) is 10.1 Å². The summed E-state index contributed by atoms with van der Waals surface area (Å²) in [6.45, 7) is 6.79. The number of hydrogen-bond donors (Lipinski definition) is 1. The Balaban J connectivity index is 1.17. The number of aryl methyl sites for hydroxylation is 1. The Hall–Kier alpha value is -3.56. The largest absolute Gasteiger partial charge is 0.492 e. The van der Waals surface area contributed by atoms with Crippen LogP contribution in [0.2, 0.25) is 0 Å². The normalized spacial score (nSPS) is 25.4. The highest BCUT2D eigenvalue weighted by Gasteiger charge is 2.46. The molecule has 2 aromatic heterocycles. The van der Waals surface area contributed by atoms with E-state index in [-0.39, 0.29) is 42.8 Å². The van der Waals surface area contributed by atoms with Crippen LogP contribution in [-0.4, -0.2) is 81.6 Å². The molecule has 45 heavy (non-hydrogen) atoms. The lowest BCUT2D eigenvalue weighted by Gasteiger charge is -2.44. The molecular formula is C36H44FN5O3. The zero-order chi connectivity index (χ0) is 31.1. The highest BCUT2D eigenvalue weighted by Crippen LogP contribution is 2.44. The van der Waals surface area contributed by atoms with E-state index in [9.17, 15) is 9.90 Å². The summed E-state index contributed by atoms with van der Waals surface area (Å²) in [5.41, 5.74) is 5.71. The predicted molar refractivity (Wildman–Crippen MR) is 171 cm³/mol. The molecule has 2 aromatic rings. The molecule has 0 aromatic carbocycles. The first-order valence-corrected chi connectivity index (χ1v) is 16.6. The third kappa shape index (κ3) is 6.42. The van der Waals surface area contributed by atoms with Gasteiger partial charge in [0, 0.05) is 85.0 Å². The number of pyridine rings is 2. The second kappa shape index (κ2) is 12.7. The molecule has 0 bridgehead atoms. The van der Waals surface area contributed by atoms with Crippen molar-refractivity contribution in [3.05, 3.63) is 88.6 Å². The maximum absolute atomic E-state index is 15.4. The molecule has 1 saturated heterocycles. The quantitative estimate of drug-likeness (QED) is 0.371. The number of rotatable bonds is 11. The van der Waals surface area contributed by atoms with Gasteiger partial charge in [0.15, 0.2) is 11.6 Å². The Morgan fingerprint density at radius 1 is 1.11 bits per heavy atom. The van der Waals surface area contributed by atoms with Gasteiger partial charge in [-0.05, 0) is 81.4 Å². The molecule has 3 aliphatic carbocycles. The van der Waals surface area contributed by atoms with Crippen LogP contribution in [-0.2, 0) is 16.1 Å². The van der Waals surface area contributed by atoms with E-state index in [2.05, 4.69) is 50.1 Å². The topological polar surface area (TPSA) is 82.0 Å². The first kappa shape index (κ1) is 30.1. The van der Waals surface area contributed by atoms with Crippen molar-refractivity contribution in [2.45, 2.75) is 83.0 Å². The Labute approximate surface area is 265 Å². The summed E-state index contributed by atoms with van der Waals surface area (Å²) in [5, 5.41) is 9.28. The van der Waals surface area contributed by atoms with E-state index < -0.39 is 5.83 Å². The zero-order valence-electron chi connectivity index (χ0n) is 26.4.